The van der Waals surface area contributed by atoms with Gasteiger partial charge in [-0.2, -0.15) is 0 Å². The van der Waals surface area contributed by atoms with Crippen molar-refractivity contribution in [2.45, 2.75) is 6.92 Å². The predicted octanol–water partition coefficient (Wildman–Crippen LogP) is 0.704. The molecule has 0 saturated carbocycles. The first-order valence-corrected chi connectivity index (χ1v) is 4.73. The molecule has 0 aliphatic rings. The quantitative estimate of drug-likeness (QED) is 0.797. The van der Waals surface area contributed by atoms with E-state index in [2.05, 4.69) is 25.6 Å². The third-order valence-corrected chi connectivity index (χ3v) is 1.97. The maximum atomic E-state index is 4.34. The summed E-state index contributed by atoms with van der Waals surface area (Å²) in [5, 5.41) is 10.7. The maximum absolute atomic E-state index is 4.34. The van der Waals surface area contributed by atoms with Crippen LogP contribution in [0, 0.1) is 0 Å². The molecular formula is C9H12N6. The van der Waals surface area contributed by atoms with E-state index in [0.717, 1.165) is 17.9 Å². The summed E-state index contributed by atoms with van der Waals surface area (Å²) < 4.78 is 1.68. The summed E-state index contributed by atoms with van der Waals surface area (Å²) >= 11 is 0. The summed E-state index contributed by atoms with van der Waals surface area (Å²) in [6, 6.07) is 1.83. The first-order valence-electron chi connectivity index (χ1n) is 4.73. The van der Waals surface area contributed by atoms with Crippen LogP contribution in [0.15, 0.2) is 18.5 Å². The van der Waals surface area contributed by atoms with Crippen LogP contribution in [0.25, 0.3) is 11.4 Å². The van der Waals surface area contributed by atoms with Crippen molar-refractivity contribution >= 4 is 5.95 Å². The number of nitrogens with one attached hydrogen (secondary N) is 1. The van der Waals surface area contributed by atoms with Crippen LogP contribution in [0.2, 0.25) is 0 Å². The monoisotopic (exact) mass is 204 g/mol. The van der Waals surface area contributed by atoms with Crippen LogP contribution in [0.1, 0.15) is 6.92 Å². The molecule has 0 saturated heterocycles. The van der Waals surface area contributed by atoms with E-state index in [-0.39, 0.29) is 0 Å². The molecule has 78 valence electrons. The third-order valence-electron chi connectivity index (χ3n) is 1.97. The Labute approximate surface area is 87.4 Å². The number of hydrogen-bond acceptors (Lipinski definition) is 5. The van der Waals surface area contributed by atoms with Crippen LogP contribution >= 0.6 is 0 Å². The lowest BCUT2D eigenvalue weighted by Crippen LogP contribution is -2.03. The van der Waals surface area contributed by atoms with E-state index in [0.29, 0.717) is 5.95 Å². The highest BCUT2D eigenvalue weighted by atomic mass is 15.4. The average Bonchev–Trinajstić information content (AvgIpc) is 2.65. The second-order valence-electron chi connectivity index (χ2n) is 3.04. The smallest absolute Gasteiger partial charge is 0.223 e. The highest BCUT2D eigenvalue weighted by molar-refractivity contribution is 5.54. The summed E-state index contributed by atoms with van der Waals surface area (Å²) in [6.07, 6.45) is 3.39. The van der Waals surface area contributed by atoms with Gasteiger partial charge in [-0.25, -0.2) is 14.6 Å². The fraction of sp³-hybridized carbons (Fsp3) is 0.333. The van der Waals surface area contributed by atoms with Gasteiger partial charge in [0.2, 0.25) is 5.95 Å². The minimum Gasteiger partial charge on any atom is -0.354 e. The Morgan fingerprint density at radius 3 is 3.00 bits per heavy atom. The fourth-order valence-electron chi connectivity index (χ4n) is 1.27. The Morgan fingerprint density at radius 2 is 2.33 bits per heavy atom. The van der Waals surface area contributed by atoms with Gasteiger partial charge >= 0.3 is 0 Å². The zero-order valence-electron chi connectivity index (χ0n) is 8.68. The van der Waals surface area contributed by atoms with Crippen molar-refractivity contribution in [2.24, 2.45) is 7.05 Å². The third kappa shape index (κ3) is 1.93. The zero-order valence-corrected chi connectivity index (χ0v) is 8.68. The minimum absolute atomic E-state index is 0.621. The van der Waals surface area contributed by atoms with Gasteiger partial charge in [0.1, 0.15) is 5.69 Å². The van der Waals surface area contributed by atoms with Gasteiger partial charge in [0, 0.05) is 19.8 Å². The average molecular weight is 204 g/mol. The number of aryl methyl sites for hydroxylation is 1. The Balaban J connectivity index is 2.37. The van der Waals surface area contributed by atoms with Gasteiger partial charge in [-0.3, -0.25) is 0 Å². The second-order valence-corrected chi connectivity index (χ2v) is 3.04. The number of nitrogens with zero attached hydrogens (tertiary/aromatic N) is 5. The molecule has 0 spiro atoms. The predicted molar refractivity (Wildman–Crippen MR) is 56.2 cm³/mol. The molecule has 2 aromatic heterocycles. The Bertz CT molecular complexity index is 449. The molecule has 0 bridgehead atoms. The van der Waals surface area contributed by atoms with Crippen LogP contribution in [0.5, 0.6) is 0 Å². The van der Waals surface area contributed by atoms with Crippen LogP contribution in [0.3, 0.4) is 0 Å². The van der Waals surface area contributed by atoms with Crippen LogP contribution < -0.4 is 5.32 Å². The van der Waals surface area contributed by atoms with Crippen LogP contribution in [-0.4, -0.2) is 31.5 Å². The minimum atomic E-state index is 0.621. The molecular weight excluding hydrogens is 192 g/mol. The van der Waals surface area contributed by atoms with E-state index < -0.39 is 0 Å². The van der Waals surface area contributed by atoms with E-state index in [1.165, 1.54) is 0 Å². The van der Waals surface area contributed by atoms with E-state index in [1.807, 2.05) is 20.0 Å². The summed E-state index contributed by atoms with van der Waals surface area (Å²) in [5.74, 6) is 0.621. The lowest BCUT2D eigenvalue weighted by molar-refractivity contribution is 0.719. The van der Waals surface area contributed by atoms with E-state index in [9.17, 15) is 0 Å². The molecule has 2 heterocycles. The number of aromatic nitrogens is 5. The van der Waals surface area contributed by atoms with E-state index in [1.54, 1.807) is 17.1 Å². The fourth-order valence-corrected chi connectivity index (χ4v) is 1.27. The zero-order chi connectivity index (χ0) is 10.7. The highest BCUT2D eigenvalue weighted by Crippen LogP contribution is 2.14. The SMILES string of the molecule is CCNc1nccc(-c2cnnn2C)n1. The number of hydrogen-bond donors (Lipinski definition) is 1. The molecule has 0 fully saturated rings. The van der Waals surface area contributed by atoms with Gasteiger partial charge in [-0.1, -0.05) is 5.21 Å². The van der Waals surface area contributed by atoms with Gasteiger partial charge in [-0.15, -0.1) is 5.10 Å². The standard InChI is InChI=1S/C9H12N6/c1-3-10-9-11-5-4-7(13-9)8-6-12-14-15(8)2/h4-6H,3H2,1-2H3,(H,10,11,13). The topological polar surface area (TPSA) is 68.5 Å². The normalized spacial score (nSPS) is 10.3. The van der Waals surface area contributed by atoms with Crippen molar-refractivity contribution in [1.29, 1.82) is 0 Å². The molecule has 2 aromatic rings. The lowest BCUT2D eigenvalue weighted by Gasteiger charge is -2.03. The van der Waals surface area contributed by atoms with Crippen molar-refractivity contribution < 1.29 is 0 Å². The van der Waals surface area contributed by atoms with Gasteiger partial charge in [0.25, 0.3) is 0 Å². The summed E-state index contributed by atoms with van der Waals surface area (Å²) in [5.41, 5.74) is 1.69. The summed E-state index contributed by atoms with van der Waals surface area (Å²) in [6.45, 7) is 2.80. The van der Waals surface area contributed by atoms with Gasteiger partial charge in [-0.05, 0) is 13.0 Å². The first kappa shape index (κ1) is 9.57. The lowest BCUT2D eigenvalue weighted by atomic mass is 10.3. The molecule has 0 amide bonds. The van der Waals surface area contributed by atoms with Gasteiger partial charge in [0.15, 0.2) is 0 Å². The largest absolute Gasteiger partial charge is 0.354 e. The number of rotatable bonds is 3. The Kier molecular flexibility index (Phi) is 2.57. The molecule has 0 atom stereocenters. The molecule has 2 rings (SSSR count). The maximum Gasteiger partial charge on any atom is 0.223 e. The number of anilines is 1. The Hall–Kier alpha value is -1.98. The molecule has 0 aliphatic heterocycles. The molecule has 6 nitrogen and oxygen atoms in total. The molecule has 0 aliphatic carbocycles. The van der Waals surface area contributed by atoms with E-state index >= 15 is 0 Å². The summed E-state index contributed by atoms with van der Waals surface area (Å²) in [4.78, 5) is 8.44. The van der Waals surface area contributed by atoms with Crippen LogP contribution in [0.4, 0.5) is 5.95 Å². The van der Waals surface area contributed by atoms with Crippen molar-refractivity contribution in [2.75, 3.05) is 11.9 Å². The Morgan fingerprint density at radius 1 is 1.47 bits per heavy atom. The van der Waals surface area contributed by atoms with Crippen molar-refractivity contribution in [3.8, 4) is 11.4 Å². The van der Waals surface area contributed by atoms with Gasteiger partial charge in [0.05, 0.1) is 11.9 Å². The van der Waals surface area contributed by atoms with Crippen molar-refractivity contribution in [1.82, 2.24) is 25.0 Å². The molecule has 6 heteroatoms. The molecule has 0 unspecified atom stereocenters. The van der Waals surface area contributed by atoms with Gasteiger partial charge < -0.3 is 5.32 Å². The highest BCUT2D eigenvalue weighted by Gasteiger charge is 2.05. The van der Waals surface area contributed by atoms with Crippen molar-refractivity contribution in [3.63, 3.8) is 0 Å². The first-order chi connectivity index (χ1) is 7.31. The molecule has 15 heavy (non-hydrogen) atoms. The molecule has 0 aromatic carbocycles. The van der Waals surface area contributed by atoms with Crippen molar-refractivity contribution in [3.05, 3.63) is 18.5 Å². The van der Waals surface area contributed by atoms with E-state index in [4.69, 9.17) is 0 Å². The summed E-state index contributed by atoms with van der Waals surface area (Å²) in [7, 11) is 1.83. The molecule has 0 radical (unpaired) electrons. The second kappa shape index (κ2) is 4.04. The molecule has 1 N–H and O–H groups in total. The van der Waals surface area contributed by atoms with Crippen LogP contribution in [-0.2, 0) is 7.05 Å².